The van der Waals surface area contributed by atoms with Crippen molar-refractivity contribution in [2.24, 2.45) is 5.92 Å². The number of carbonyl (C=O) groups is 3. The van der Waals surface area contributed by atoms with Gasteiger partial charge in [0.1, 0.15) is 0 Å². The van der Waals surface area contributed by atoms with Crippen molar-refractivity contribution in [1.29, 1.82) is 0 Å². The first-order chi connectivity index (χ1) is 14.9. The number of nitro benzene ring substituents is 1. The summed E-state index contributed by atoms with van der Waals surface area (Å²) >= 11 is 0. The molecule has 12 heteroatoms. The van der Waals surface area contributed by atoms with Gasteiger partial charge in [-0.2, -0.15) is 0 Å². The van der Waals surface area contributed by atoms with Crippen molar-refractivity contribution < 1.29 is 37.2 Å². The molecule has 0 saturated carbocycles. The van der Waals surface area contributed by atoms with E-state index in [9.17, 15) is 32.9 Å². The van der Waals surface area contributed by atoms with Crippen LogP contribution in [0.2, 0.25) is 0 Å². The van der Waals surface area contributed by atoms with Crippen LogP contribution in [0.5, 0.6) is 0 Å². The van der Waals surface area contributed by atoms with Gasteiger partial charge < -0.3 is 14.4 Å². The summed E-state index contributed by atoms with van der Waals surface area (Å²) in [5.41, 5.74) is -0.989. The molecule has 176 valence electrons. The molecule has 1 saturated heterocycles. The summed E-state index contributed by atoms with van der Waals surface area (Å²) in [5, 5.41) is 11.2. The van der Waals surface area contributed by atoms with E-state index in [1.54, 1.807) is 6.92 Å². The number of rotatable bonds is 9. The van der Waals surface area contributed by atoms with E-state index in [2.05, 4.69) is 0 Å². The number of nitrogens with zero attached hydrogens (tertiary/aromatic N) is 2. The molecule has 1 fully saturated rings. The Labute approximate surface area is 185 Å². The second kappa shape index (κ2) is 10.5. The molecular formula is C20H26N2O9S. The van der Waals surface area contributed by atoms with Crippen molar-refractivity contribution >= 4 is 33.4 Å². The molecule has 1 heterocycles. The maximum atomic E-state index is 12.7. The zero-order chi connectivity index (χ0) is 24.1. The van der Waals surface area contributed by atoms with Crippen LogP contribution in [0, 0.1) is 16.0 Å². The average Bonchev–Trinajstić information content (AvgIpc) is 3.08. The van der Waals surface area contributed by atoms with Gasteiger partial charge in [-0.1, -0.05) is 13.8 Å². The number of amides is 1. The zero-order valence-electron chi connectivity index (χ0n) is 18.1. The molecule has 32 heavy (non-hydrogen) atoms. The highest BCUT2D eigenvalue weighted by molar-refractivity contribution is 7.91. The van der Waals surface area contributed by atoms with Gasteiger partial charge in [-0.25, -0.2) is 18.0 Å². The van der Waals surface area contributed by atoms with Crippen molar-refractivity contribution in [2.45, 2.75) is 33.2 Å². The number of ether oxygens (including phenoxy) is 2. The fourth-order valence-corrected chi connectivity index (χ4v) is 5.06. The summed E-state index contributed by atoms with van der Waals surface area (Å²) in [4.78, 5) is 48.9. The average molecular weight is 471 g/mol. The van der Waals surface area contributed by atoms with Gasteiger partial charge in [-0.3, -0.25) is 14.9 Å². The molecule has 0 spiro atoms. The Morgan fingerprint density at radius 3 is 2.22 bits per heavy atom. The predicted molar refractivity (Wildman–Crippen MR) is 113 cm³/mol. The lowest BCUT2D eigenvalue weighted by Crippen LogP contribution is -2.45. The van der Waals surface area contributed by atoms with E-state index < -0.39 is 50.9 Å². The molecule has 0 bridgehead atoms. The molecule has 1 unspecified atom stereocenters. The second-order valence-electron chi connectivity index (χ2n) is 7.82. The fraction of sp³-hybridized carbons (Fsp3) is 0.550. The van der Waals surface area contributed by atoms with Gasteiger partial charge in [0.05, 0.1) is 34.2 Å². The molecule has 0 aliphatic carbocycles. The summed E-state index contributed by atoms with van der Waals surface area (Å²) in [6.07, 6.45) is 0.308. The van der Waals surface area contributed by atoms with Gasteiger partial charge in [-0.05, 0) is 25.3 Å². The van der Waals surface area contributed by atoms with Crippen molar-refractivity contribution in [3.63, 3.8) is 0 Å². The highest BCUT2D eigenvalue weighted by atomic mass is 32.2. The molecule has 0 aromatic heterocycles. The van der Waals surface area contributed by atoms with E-state index in [0.29, 0.717) is 13.0 Å². The van der Waals surface area contributed by atoms with Gasteiger partial charge in [0.15, 0.2) is 16.4 Å². The van der Waals surface area contributed by atoms with Crippen LogP contribution in [-0.2, 0) is 24.1 Å². The summed E-state index contributed by atoms with van der Waals surface area (Å²) in [6, 6.07) is 2.50. The van der Waals surface area contributed by atoms with E-state index in [-0.39, 0.29) is 35.2 Å². The Balaban J connectivity index is 2.16. The largest absolute Gasteiger partial charge is 0.462 e. The van der Waals surface area contributed by atoms with Crippen LogP contribution in [0.15, 0.2) is 18.2 Å². The summed E-state index contributed by atoms with van der Waals surface area (Å²) in [7, 11) is -3.22. The second-order valence-corrected chi connectivity index (χ2v) is 10.0. The number of carbonyl (C=O) groups excluding carboxylic acids is 3. The lowest BCUT2D eigenvalue weighted by Gasteiger charge is -2.29. The van der Waals surface area contributed by atoms with Crippen LogP contribution >= 0.6 is 0 Å². The molecule has 1 aliphatic rings. The minimum atomic E-state index is -3.22. The van der Waals surface area contributed by atoms with Crippen molar-refractivity contribution in [3.8, 4) is 0 Å². The molecule has 11 nitrogen and oxygen atoms in total. The van der Waals surface area contributed by atoms with Gasteiger partial charge in [0, 0.05) is 24.7 Å². The molecule has 1 aromatic rings. The van der Waals surface area contributed by atoms with Crippen LogP contribution in [0.25, 0.3) is 0 Å². The molecule has 1 atom stereocenters. The van der Waals surface area contributed by atoms with Crippen molar-refractivity contribution in [3.05, 3.63) is 39.4 Å². The number of hydrogen-bond donors (Lipinski definition) is 0. The number of sulfone groups is 1. The van der Waals surface area contributed by atoms with Crippen molar-refractivity contribution in [2.75, 3.05) is 31.3 Å². The maximum Gasteiger partial charge on any atom is 0.338 e. The Morgan fingerprint density at radius 2 is 1.75 bits per heavy atom. The Hall–Kier alpha value is -3.02. The van der Waals surface area contributed by atoms with Crippen molar-refractivity contribution in [1.82, 2.24) is 4.90 Å². The molecule has 0 radical (unpaired) electrons. The first-order valence-corrected chi connectivity index (χ1v) is 11.9. The minimum absolute atomic E-state index is 0.0103. The molecule has 1 amide bonds. The maximum absolute atomic E-state index is 12.7. The highest BCUT2D eigenvalue weighted by Crippen LogP contribution is 2.21. The minimum Gasteiger partial charge on any atom is -0.462 e. The highest BCUT2D eigenvalue weighted by Gasteiger charge is 2.35. The van der Waals surface area contributed by atoms with Crippen LogP contribution in [-0.4, -0.2) is 73.4 Å². The van der Waals surface area contributed by atoms with Gasteiger partial charge in [0.25, 0.3) is 11.6 Å². The third-order valence-corrected chi connectivity index (χ3v) is 6.48. The molecular weight excluding hydrogens is 444 g/mol. The lowest BCUT2D eigenvalue weighted by atomic mass is 10.1. The Morgan fingerprint density at radius 1 is 1.16 bits per heavy atom. The molecule has 1 aromatic carbocycles. The predicted octanol–water partition coefficient (Wildman–Crippen LogP) is 1.60. The summed E-state index contributed by atoms with van der Waals surface area (Å²) in [5.74, 6) is -2.54. The monoisotopic (exact) mass is 470 g/mol. The van der Waals surface area contributed by atoms with E-state index >= 15 is 0 Å². The number of non-ortho nitro benzene ring substituents is 1. The SMILES string of the molecule is CCOC(=O)c1cc(C(=O)OCC(=O)N(CC(C)C)C2CCS(=O)(=O)C2)cc([N+](=O)[O-])c1. The van der Waals surface area contributed by atoms with Gasteiger partial charge in [0.2, 0.25) is 0 Å². The standard InChI is InChI=1S/C20H26N2O9S/c1-4-30-19(24)14-7-15(9-17(8-14)22(26)27)20(25)31-11-18(23)21(10-13(2)3)16-5-6-32(28,29)12-16/h7-9,13,16H,4-6,10-12H2,1-3H3. The zero-order valence-corrected chi connectivity index (χ0v) is 18.9. The number of esters is 2. The number of benzene rings is 1. The first-order valence-electron chi connectivity index (χ1n) is 10.1. The Kier molecular flexibility index (Phi) is 8.31. The quantitative estimate of drug-likeness (QED) is 0.298. The lowest BCUT2D eigenvalue weighted by molar-refractivity contribution is -0.384. The smallest absolute Gasteiger partial charge is 0.338 e. The molecule has 2 rings (SSSR count). The fourth-order valence-electron chi connectivity index (χ4n) is 3.33. The third kappa shape index (κ3) is 6.74. The third-order valence-electron chi connectivity index (χ3n) is 4.73. The van der Waals surface area contributed by atoms with E-state index in [0.717, 1.165) is 18.2 Å². The topological polar surface area (TPSA) is 150 Å². The molecule has 0 N–H and O–H groups in total. The number of hydrogen-bond acceptors (Lipinski definition) is 9. The first kappa shape index (κ1) is 25.2. The summed E-state index contributed by atoms with van der Waals surface area (Å²) < 4.78 is 33.5. The Bertz CT molecular complexity index is 1000. The van der Waals surface area contributed by atoms with Gasteiger partial charge in [-0.15, -0.1) is 0 Å². The normalized spacial score (nSPS) is 17.1. The number of nitro groups is 1. The van der Waals surface area contributed by atoms with Crippen LogP contribution in [0.3, 0.4) is 0 Å². The van der Waals surface area contributed by atoms with Crippen LogP contribution < -0.4 is 0 Å². The molecule has 1 aliphatic heterocycles. The van der Waals surface area contributed by atoms with E-state index in [1.807, 2.05) is 13.8 Å². The van der Waals surface area contributed by atoms with Crippen LogP contribution in [0.4, 0.5) is 5.69 Å². The van der Waals surface area contributed by atoms with Gasteiger partial charge >= 0.3 is 11.9 Å². The summed E-state index contributed by atoms with van der Waals surface area (Å²) in [6.45, 7) is 4.97. The van der Waals surface area contributed by atoms with E-state index in [1.165, 1.54) is 4.90 Å². The van der Waals surface area contributed by atoms with E-state index in [4.69, 9.17) is 9.47 Å². The van der Waals surface area contributed by atoms with Crippen LogP contribution in [0.1, 0.15) is 47.9 Å².